The molecule has 4 nitrogen and oxygen atoms in total. The zero-order chi connectivity index (χ0) is 12.8. The lowest BCUT2D eigenvalue weighted by Crippen LogP contribution is -2.28. The van der Waals surface area contributed by atoms with E-state index in [-0.39, 0.29) is 11.3 Å². The molecule has 0 fully saturated rings. The predicted octanol–water partition coefficient (Wildman–Crippen LogP) is 2.06. The third-order valence-electron chi connectivity index (χ3n) is 2.20. The van der Waals surface area contributed by atoms with Crippen molar-refractivity contribution in [3.63, 3.8) is 0 Å². The quantitative estimate of drug-likeness (QED) is 0.822. The van der Waals surface area contributed by atoms with Crippen molar-refractivity contribution in [2.45, 2.75) is 12.3 Å². The zero-order valence-corrected chi connectivity index (χ0v) is 10.9. The summed E-state index contributed by atoms with van der Waals surface area (Å²) in [6.07, 6.45) is 0. The van der Waals surface area contributed by atoms with Crippen molar-refractivity contribution in [1.29, 1.82) is 0 Å². The summed E-state index contributed by atoms with van der Waals surface area (Å²) in [5, 5.41) is 2.61. The lowest BCUT2D eigenvalue weighted by molar-refractivity contribution is 0.0951. The number of carbonyl (C=O) groups is 1. The van der Waals surface area contributed by atoms with Gasteiger partial charge in [-0.1, -0.05) is 0 Å². The molecule has 0 bridgehead atoms. The number of carbonyl (C=O) groups excluding carboxylic acids is 1. The summed E-state index contributed by atoms with van der Waals surface area (Å²) in [4.78, 5) is 11.8. The van der Waals surface area contributed by atoms with Gasteiger partial charge in [-0.15, -0.1) is 11.6 Å². The van der Waals surface area contributed by atoms with Crippen LogP contribution in [0.4, 0.5) is 0 Å². The summed E-state index contributed by atoms with van der Waals surface area (Å²) >= 11 is 5.76. The normalized spacial score (nSPS) is 11.8. The molecule has 1 rings (SSSR count). The highest BCUT2D eigenvalue weighted by Crippen LogP contribution is 2.24. The van der Waals surface area contributed by atoms with Gasteiger partial charge in [-0.25, -0.2) is 0 Å². The summed E-state index contributed by atoms with van der Waals surface area (Å²) in [6.45, 7) is 2.22. The number of alkyl halides is 1. The Morgan fingerprint density at radius 2 is 2.12 bits per heavy atom. The lowest BCUT2D eigenvalue weighted by atomic mass is 10.1. The molecule has 1 N–H and O–H groups in total. The Morgan fingerprint density at radius 3 is 2.65 bits per heavy atom. The monoisotopic (exact) mass is 257 g/mol. The zero-order valence-electron chi connectivity index (χ0n) is 10.1. The maximum Gasteiger partial charge on any atom is 0.255 e. The average molecular weight is 258 g/mol. The summed E-state index contributed by atoms with van der Waals surface area (Å²) in [5.41, 5.74) is 0.464. The number of rotatable bonds is 5. The van der Waals surface area contributed by atoms with Crippen molar-refractivity contribution in [2.75, 3.05) is 20.8 Å². The van der Waals surface area contributed by atoms with Gasteiger partial charge in [0.15, 0.2) is 0 Å². The highest BCUT2D eigenvalue weighted by Gasteiger charge is 2.13. The first-order chi connectivity index (χ1) is 8.08. The summed E-state index contributed by atoms with van der Waals surface area (Å²) in [7, 11) is 3.07. The van der Waals surface area contributed by atoms with Gasteiger partial charge in [-0.05, 0) is 19.1 Å². The van der Waals surface area contributed by atoms with Crippen LogP contribution in [-0.2, 0) is 0 Å². The molecule has 17 heavy (non-hydrogen) atoms. The number of amides is 1. The Morgan fingerprint density at radius 1 is 1.41 bits per heavy atom. The van der Waals surface area contributed by atoms with Crippen LogP contribution in [0.25, 0.3) is 0 Å². The van der Waals surface area contributed by atoms with Crippen LogP contribution in [0.5, 0.6) is 11.5 Å². The molecule has 0 aromatic heterocycles. The summed E-state index contributed by atoms with van der Waals surface area (Å²) in [5.74, 6) is 0.908. The maximum atomic E-state index is 11.8. The van der Waals surface area contributed by atoms with Gasteiger partial charge < -0.3 is 14.8 Å². The maximum absolute atomic E-state index is 11.8. The van der Waals surface area contributed by atoms with Crippen molar-refractivity contribution >= 4 is 17.5 Å². The standard InChI is InChI=1S/C12H16ClNO3/c1-8(13)7-14-12(15)10-5-4-9(16-2)6-11(10)17-3/h4-6,8H,7H2,1-3H3,(H,14,15). The van der Waals surface area contributed by atoms with E-state index in [4.69, 9.17) is 21.1 Å². The topological polar surface area (TPSA) is 47.6 Å². The molecule has 1 atom stereocenters. The van der Waals surface area contributed by atoms with Gasteiger partial charge in [0.2, 0.25) is 0 Å². The second-order valence-electron chi connectivity index (χ2n) is 3.56. The number of hydrogen-bond donors (Lipinski definition) is 1. The minimum atomic E-state index is -0.211. The van der Waals surface area contributed by atoms with Gasteiger partial charge >= 0.3 is 0 Å². The van der Waals surface area contributed by atoms with E-state index in [0.717, 1.165) is 0 Å². The van der Waals surface area contributed by atoms with Gasteiger partial charge in [0.25, 0.3) is 5.91 Å². The van der Waals surface area contributed by atoms with E-state index in [1.54, 1.807) is 25.3 Å². The van der Waals surface area contributed by atoms with Crippen molar-refractivity contribution in [2.24, 2.45) is 0 Å². The summed E-state index contributed by atoms with van der Waals surface area (Å²) < 4.78 is 10.2. The fraction of sp³-hybridized carbons (Fsp3) is 0.417. The molecule has 0 saturated heterocycles. The highest BCUT2D eigenvalue weighted by atomic mass is 35.5. The molecule has 1 aromatic rings. The van der Waals surface area contributed by atoms with Crippen molar-refractivity contribution in [1.82, 2.24) is 5.32 Å². The average Bonchev–Trinajstić information content (AvgIpc) is 2.34. The molecule has 0 saturated carbocycles. The first-order valence-electron chi connectivity index (χ1n) is 5.22. The second kappa shape index (κ2) is 6.35. The van der Waals surface area contributed by atoms with E-state index in [9.17, 15) is 4.79 Å². The Balaban J connectivity index is 2.85. The third-order valence-corrected chi connectivity index (χ3v) is 2.35. The molecule has 94 valence electrons. The highest BCUT2D eigenvalue weighted by molar-refractivity contribution is 6.20. The van der Waals surface area contributed by atoms with Crippen LogP contribution >= 0.6 is 11.6 Å². The molecule has 0 aliphatic carbocycles. The van der Waals surface area contributed by atoms with Crippen LogP contribution in [0.1, 0.15) is 17.3 Å². The summed E-state index contributed by atoms with van der Waals surface area (Å²) in [6, 6.07) is 5.03. The van der Waals surface area contributed by atoms with Crippen LogP contribution in [0.2, 0.25) is 0 Å². The van der Waals surface area contributed by atoms with Crippen LogP contribution in [0.3, 0.4) is 0 Å². The Bertz CT molecular complexity index is 393. The molecule has 1 aromatic carbocycles. The van der Waals surface area contributed by atoms with Crippen molar-refractivity contribution in [3.05, 3.63) is 23.8 Å². The molecule has 0 spiro atoms. The van der Waals surface area contributed by atoms with E-state index < -0.39 is 0 Å². The predicted molar refractivity (Wildman–Crippen MR) is 67.2 cm³/mol. The third kappa shape index (κ3) is 3.82. The molecular weight excluding hydrogens is 242 g/mol. The minimum absolute atomic E-state index is 0.108. The van der Waals surface area contributed by atoms with Crippen LogP contribution < -0.4 is 14.8 Å². The van der Waals surface area contributed by atoms with Gasteiger partial charge in [0.05, 0.1) is 19.8 Å². The first kappa shape index (κ1) is 13.6. The largest absolute Gasteiger partial charge is 0.497 e. The molecule has 0 heterocycles. The SMILES string of the molecule is COc1ccc(C(=O)NCC(C)Cl)c(OC)c1. The van der Waals surface area contributed by atoms with Gasteiger partial charge in [-0.3, -0.25) is 4.79 Å². The number of halogens is 1. The Kier molecular flexibility index (Phi) is 5.10. The number of ether oxygens (including phenoxy) is 2. The van der Waals surface area contributed by atoms with E-state index in [1.807, 2.05) is 6.92 Å². The van der Waals surface area contributed by atoms with Crippen LogP contribution in [0, 0.1) is 0 Å². The van der Waals surface area contributed by atoms with E-state index >= 15 is 0 Å². The number of benzene rings is 1. The van der Waals surface area contributed by atoms with Gasteiger partial charge in [0.1, 0.15) is 11.5 Å². The number of hydrogen-bond acceptors (Lipinski definition) is 3. The van der Waals surface area contributed by atoms with Crippen molar-refractivity contribution < 1.29 is 14.3 Å². The van der Waals surface area contributed by atoms with Crippen molar-refractivity contribution in [3.8, 4) is 11.5 Å². The molecule has 1 unspecified atom stereocenters. The minimum Gasteiger partial charge on any atom is -0.497 e. The lowest BCUT2D eigenvalue weighted by Gasteiger charge is -2.11. The van der Waals surface area contributed by atoms with E-state index in [0.29, 0.717) is 23.6 Å². The fourth-order valence-electron chi connectivity index (χ4n) is 1.31. The van der Waals surface area contributed by atoms with E-state index in [2.05, 4.69) is 5.32 Å². The molecular formula is C12H16ClNO3. The smallest absolute Gasteiger partial charge is 0.255 e. The molecule has 0 aliphatic heterocycles. The fourth-order valence-corrected chi connectivity index (χ4v) is 1.39. The molecule has 5 heteroatoms. The molecule has 0 radical (unpaired) electrons. The molecule has 1 amide bonds. The van der Waals surface area contributed by atoms with E-state index in [1.165, 1.54) is 7.11 Å². The van der Waals surface area contributed by atoms with Gasteiger partial charge in [0, 0.05) is 18.0 Å². The number of nitrogens with one attached hydrogen (secondary N) is 1. The Hall–Kier alpha value is -1.42. The van der Waals surface area contributed by atoms with Crippen LogP contribution in [-0.4, -0.2) is 32.0 Å². The number of methoxy groups -OCH3 is 2. The first-order valence-corrected chi connectivity index (χ1v) is 5.66. The van der Waals surface area contributed by atoms with Gasteiger partial charge in [-0.2, -0.15) is 0 Å². The Labute approximate surface area is 106 Å². The molecule has 0 aliphatic rings. The van der Waals surface area contributed by atoms with Crippen LogP contribution in [0.15, 0.2) is 18.2 Å². The second-order valence-corrected chi connectivity index (χ2v) is 4.30.